The Labute approximate surface area is 91.8 Å². The largest absolute Gasteiger partial charge is 0.325 e. The van der Waals surface area contributed by atoms with Crippen molar-refractivity contribution in [1.29, 1.82) is 0 Å². The topological polar surface area (TPSA) is 55.1 Å². The number of carbonyl (C=O) groups excluding carboxylic acids is 1. The molecule has 3 nitrogen and oxygen atoms in total. The first-order valence-electron chi connectivity index (χ1n) is 4.33. The van der Waals surface area contributed by atoms with Gasteiger partial charge in [-0.25, -0.2) is 0 Å². The molecule has 0 aliphatic rings. The molecule has 0 radical (unpaired) electrons. The summed E-state index contributed by atoms with van der Waals surface area (Å²) in [6.45, 7) is 3.64. The van der Waals surface area contributed by atoms with Gasteiger partial charge in [-0.1, -0.05) is 22.0 Å². The van der Waals surface area contributed by atoms with Gasteiger partial charge in [0.2, 0.25) is 5.91 Å². The van der Waals surface area contributed by atoms with Gasteiger partial charge in [0.15, 0.2) is 0 Å². The van der Waals surface area contributed by atoms with Gasteiger partial charge in [-0.3, -0.25) is 4.79 Å². The van der Waals surface area contributed by atoms with E-state index in [9.17, 15) is 4.79 Å². The average molecular weight is 257 g/mol. The second kappa shape index (κ2) is 4.57. The third-order valence-corrected chi connectivity index (χ3v) is 2.71. The van der Waals surface area contributed by atoms with Gasteiger partial charge in [-0.15, -0.1) is 0 Å². The minimum Gasteiger partial charge on any atom is -0.325 e. The van der Waals surface area contributed by atoms with Crippen molar-refractivity contribution in [3.05, 3.63) is 28.2 Å². The number of hydrogen-bond acceptors (Lipinski definition) is 2. The SMILES string of the molecule is Cc1ccc(NC(=O)[C@H](C)N)cc1Br. The van der Waals surface area contributed by atoms with Gasteiger partial charge in [0, 0.05) is 10.2 Å². The summed E-state index contributed by atoms with van der Waals surface area (Å²) >= 11 is 3.39. The summed E-state index contributed by atoms with van der Waals surface area (Å²) in [6.07, 6.45) is 0. The zero-order valence-corrected chi connectivity index (χ0v) is 9.76. The van der Waals surface area contributed by atoms with Gasteiger partial charge >= 0.3 is 0 Å². The fourth-order valence-corrected chi connectivity index (χ4v) is 1.31. The van der Waals surface area contributed by atoms with Crippen molar-refractivity contribution in [3.63, 3.8) is 0 Å². The Morgan fingerprint density at radius 1 is 1.57 bits per heavy atom. The summed E-state index contributed by atoms with van der Waals surface area (Å²) in [5, 5.41) is 2.72. The third-order valence-electron chi connectivity index (χ3n) is 1.85. The lowest BCUT2D eigenvalue weighted by Gasteiger charge is -2.08. The number of halogens is 1. The molecule has 0 bridgehead atoms. The Kier molecular flexibility index (Phi) is 3.66. The molecule has 0 aliphatic heterocycles. The van der Waals surface area contributed by atoms with Crippen LogP contribution in [0.5, 0.6) is 0 Å². The summed E-state index contributed by atoms with van der Waals surface area (Å²) in [7, 11) is 0. The lowest BCUT2D eigenvalue weighted by Crippen LogP contribution is -2.32. The zero-order chi connectivity index (χ0) is 10.7. The molecule has 0 aliphatic carbocycles. The Hall–Kier alpha value is -0.870. The maximum Gasteiger partial charge on any atom is 0.240 e. The molecular weight excluding hydrogens is 244 g/mol. The highest BCUT2D eigenvalue weighted by atomic mass is 79.9. The molecule has 1 rings (SSSR count). The lowest BCUT2D eigenvalue weighted by molar-refractivity contribution is -0.117. The third kappa shape index (κ3) is 2.82. The van der Waals surface area contributed by atoms with Crippen molar-refractivity contribution in [2.24, 2.45) is 5.73 Å². The molecule has 0 fully saturated rings. The predicted octanol–water partition coefficient (Wildman–Crippen LogP) is 2.04. The van der Waals surface area contributed by atoms with Crippen LogP contribution in [-0.4, -0.2) is 11.9 Å². The number of carbonyl (C=O) groups is 1. The van der Waals surface area contributed by atoms with E-state index in [0.29, 0.717) is 0 Å². The molecule has 0 saturated heterocycles. The van der Waals surface area contributed by atoms with Gasteiger partial charge in [0.05, 0.1) is 6.04 Å². The van der Waals surface area contributed by atoms with Gasteiger partial charge < -0.3 is 11.1 Å². The molecule has 1 aromatic carbocycles. The van der Waals surface area contributed by atoms with Crippen LogP contribution < -0.4 is 11.1 Å². The highest BCUT2D eigenvalue weighted by Crippen LogP contribution is 2.20. The van der Waals surface area contributed by atoms with Crippen molar-refractivity contribution in [2.45, 2.75) is 19.9 Å². The first-order chi connectivity index (χ1) is 6.50. The Bertz CT molecular complexity index is 350. The number of anilines is 1. The Morgan fingerprint density at radius 3 is 2.71 bits per heavy atom. The van der Waals surface area contributed by atoms with Gasteiger partial charge in [-0.2, -0.15) is 0 Å². The summed E-state index contributed by atoms with van der Waals surface area (Å²) in [6, 6.07) is 5.15. The summed E-state index contributed by atoms with van der Waals surface area (Å²) in [4.78, 5) is 11.3. The highest BCUT2D eigenvalue weighted by molar-refractivity contribution is 9.10. The van der Waals surface area contributed by atoms with Crippen LogP contribution in [0.1, 0.15) is 12.5 Å². The van der Waals surface area contributed by atoms with Crippen LogP contribution in [0.25, 0.3) is 0 Å². The normalized spacial score (nSPS) is 12.3. The fraction of sp³-hybridized carbons (Fsp3) is 0.300. The van der Waals surface area contributed by atoms with Crippen molar-refractivity contribution >= 4 is 27.5 Å². The van der Waals surface area contributed by atoms with Gasteiger partial charge in [0.25, 0.3) is 0 Å². The standard InChI is InChI=1S/C10H13BrN2O/c1-6-3-4-8(5-9(6)11)13-10(14)7(2)12/h3-5,7H,12H2,1-2H3,(H,13,14)/t7-/m0/s1. The average Bonchev–Trinajstić information content (AvgIpc) is 2.11. The summed E-state index contributed by atoms with van der Waals surface area (Å²) in [5.41, 5.74) is 7.31. The van der Waals surface area contributed by atoms with Crippen molar-refractivity contribution in [3.8, 4) is 0 Å². The smallest absolute Gasteiger partial charge is 0.240 e. The number of amides is 1. The molecular formula is C10H13BrN2O. The van der Waals surface area contributed by atoms with Crippen LogP contribution in [0.2, 0.25) is 0 Å². The van der Waals surface area contributed by atoms with E-state index in [1.807, 2.05) is 25.1 Å². The van der Waals surface area contributed by atoms with E-state index in [1.54, 1.807) is 6.92 Å². The van der Waals surface area contributed by atoms with Gasteiger partial charge in [-0.05, 0) is 31.5 Å². The molecule has 1 aromatic rings. The van der Waals surface area contributed by atoms with E-state index in [2.05, 4.69) is 21.2 Å². The van der Waals surface area contributed by atoms with Gasteiger partial charge in [0.1, 0.15) is 0 Å². The van der Waals surface area contributed by atoms with Crippen LogP contribution >= 0.6 is 15.9 Å². The maximum atomic E-state index is 11.3. The predicted molar refractivity (Wildman–Crippen MR) is 61.2 cm³/mol. The van der Waals surface area contributed by atoms with E-state index in [-0.39, 0.29) is 5.91 Å². The fourth-order valence-electron chi connectivity index (χ4n) is 0.927. The van der Waals surface area contributed by atoms with Crippen LogP contribution in [0.15, 0.2) is 22.7 Å². The molecule has 1 amide bonds. The number of aryl methyl sites for hydroxylation is 1. The highest BCUT2D eigenvalue weighted by Gasteiger charge is 2.07. The van der Waals surface area contributed by atoms with Crippen molar-refractivity contribution in [1.82, 2.24) is 0 Å². The molecule has 3 N–H and O–H groups in total. The molecule has 76 valence electrons. The van der Waals surface area contributed by atoms with Crippen LogP contribution in [-0.2, 0) is 4.79 Å². The second-order valence-electron chi connectivity index (χ2n) is 3.24. The zero-order valence-electron chi connectivity index (χ0n) is 8.17. The van der Waals surface area contributed by atoms with Crippen molar-refractivity contribution in [2.75, 3.05) is 5.32 Å². The first kappa shape index (κ1) is 11.2. The molecule has 0 heterocycles. The number of benzene rings is 1. The Balaban J connectivity index is 2.78. The van der Waals surface area contributed by atoms with E-state index in [1.165, 1.54) is 0 Å². The van der Waals surface area contributed by atoms with E-state index >= 15 is 0 Å². The molecule has 0 saturated carbocycles. The number of rotatable bonds is 2. The molecule has 0 aromatic heterocycles. The number of nitrogens with one attached hydrogen (secondary N) is 1. The maximum absolute atomic E-state index is 11.3. The summed E-state index contributed by atoms with van der Waals surface area (Å²) in [5.74, 6) is -0.180. The van der Waals surface area contributed by atoms with E-state index in [0.717, 1.165) is 15.7 Å². The monoisotopic (exact) mass is 256 g/mol. The van der Waals surface area contributed by atoms with Crippen molar-refractivity contribution < 1.29 is 4.79 Å². The van der Waals surface area contributed by atoms with E-state index in [4.69, 9.17) is 5.73 Å². The lowest BCUT2D eigenvalue weighted by atomic mass is 10.2. The first-order valence-corrected chi connectivity index (χ1v) is 5.12. The molecule has 0 spiro atoms. The molecule has 0 unspecified atom stereocenters. The molecule has 14 heavy (non-hydrogen) atoms. The summed E-state index contributed by atoms with van der Waals surface area (Å²) < 4.78 is 0.972. The quantitative estimate of drug-likeness (QED) is 0.851. The van der Waals surface area contributed by atoms with Crippen LogP contribution in [0.3, 0.4) is 0 Å². The minimum atomic E-state index is -0.491. The number of hydrogen-bond donors (Lipinski definition) is 2. The Morgan fingerprint density at radius 2 is 2.21 bits per heavy atom. The van der Waals surface area contributed by atoms with E-state index < -0.39 is 6.04 Å². The molecule has 1 atom stereocenters. The van der Waals surface area contributed by atoms with Crippen LogP contribution in [0, 0.1) is 6.92 Å². The number of nitrogens with two attached hydrogens (primary N) is 1. The molecule has 4 heteroatoms. The second-order valence-corrected chi connectivity index (χ2v) is 4.10. The van der Waals surface area contributed by atoms with Crippen LogP contribution in [0.4, 0.5) is 5.69 Å². The minimum absolute atomic E-state index is 0.180.